The Morgan fingerprint density at radius 2 is 1.39 bits per heavy atom. The van der Waals surface area contributed by atoms with Crippen LogP contribution in [0.15, 0.2) is 64.4 Å². The van der Waals surface area contributed by atoms with E-state index in [1.165, 1.54) is 28.6 Å². The molecule has 2 fully saturated rings. The van der Waals surface area contributed by atoms with Gasteiger partial charge < -0.3 is 4.74 Å². The summed E-state index contributed by atoms with van der Waals surface area (Å²) in [5, 5.41) is 0. The molecule has 8 nitrogen and oxygen atoms in total. The third-order valence-electron chi connectivity index (χ3n) is 6.22. The van der Waals surface area contributed by atoms with E-state index in [4.69, 9.17) is 4.74 Å². The average Bonchev–Trinajstić information content (AvgIpc) is 2.86. The fourth-order valence-electron chi connectivity index (χ4n) is 4.34. The van der Waals surface area contributed by atoms with Crippen LogP contribution in [0, 0.1) is 0 Å². The molecule has 0 bridgehead atoms. The molecule has 180 valence electrons. The van der Waals surface area contributed by atoms with Crippen LogP contribution in [0.3, 0.4) is 0 Å². The molecule has 10 heteroatoms. The molecule has 2 aliphatic heterocycles. The van der Waals surface area contributed by atoms with Gasteiger partial charge in [-0.1, -0.05) is 36.8 Å². The van der Waals surface area contributed by atoms with Crippen LogP contribution in [0.5, 0.6) is 0 Å². The van der Waals surface area contributed by atoms with Crippen molar-refractivity contribution in [1.29, 1.82) is 0 Å². The smallest absolute Gasteiger partial charge is 0.243 e. The van der Waals surface area contributed by atoms with Gasteiger partial charge in [0, 0.05) is 38.8 Å². The maximum atomic E-state index is 13.0. The van der Waals surface area contributed by atoms with Crippen molar-refractivity contribution < 1.29 is 21.6 Å². The van der Waals surface area contributed by atoms with E-state index in [0.717, 1.165) is 37.9 Å². The Hall–Kier alpha value is -1.82. The van der Waals surface area contributed by atoms with Gasteiger partial charge in [-0.05, 0) is 42.7 Å². The third-order valence-corrected chi connectivity index (χ3v) is 9.58. The number of hydrogen-bond donors (Lipinski definition) is 1. The monoisotopic (exact) mass is 493 g/mol. The summed E-state index contributed by atoms with van der Waals surface area (Å²) in [6.07, 6.45) is 2.73. The van der Waals surface area contributed by atoms with E-state index >= 15 is 0 Å². The summed E-state index contributed by atoms with van der Waals surface area (Å²) in [7, 11) is -7.41. The summed E-state index contributed by atoms with van der Waals surface area (Å²) >= 11 is 0. The molecule has 1 atom stereocenters. The minimum Gasteiger partial charge on any atom is -0.379 e. The van der Waals surface area contributed by atoms with Crippen molar-refractivity contribution in [3.05, 3.63) is 60.2 Å². The zero-order chi connectivity index (χ0) is 23.3. The molecule has 0 spiro atoms. The second kappa shape index (κ2) is 10.6. The van der Waals surface area contributed by atoms with E-state index in [2.05, 4.69) is 9.62 Å². The number of sulfonamides is 2. The summed E-state index contributed by atoms with van der Waals surface area (Å²) in [6.45, 7) is 3.90. The molecule has 1 unspecified atom stereocenters. The lowest BCUT2D eigenvalue weighted by molar-refractivity contribution is 0.0172. The molecular formula is C23H31N3O5S2. The summed E-state index contributed by atoms with van der Waals surface area (Å²) < 4.78 is 61.3. The number of benzene rings is 2. The molecule has 4 rings (SSSR count). The SMILES string of the molecule is O=S(=O)(NCC(c1ccccc1)N1CCOCC1)c1ccc(S(=O)(=O)N2CCCCC2)cc1. The average molecular weight is 494 g/mol. The van der Waals surface area contributed by atoms with Gasteiger partial charge in [-0.25, -0.2) is 21.6 Å². The van der Waals surface area contributed by atoms with Gasteiger partial charge in [0.1, 0.15) is 0 Å². The van der Waals surface area contributed by atoms with Crippen LogP contribution in [0.1, 0.15) is 30.9 Å². The minimum absolute atomic E-state index is 0.0499. The Bertz CT molecular complexity index is 1110. The first-order chi connectivity index (χ1) is 15.9. The second-order valence-corrected chi connectivity index (χ2v) is 12.1. The molecule has 0 radical (unpaired) electrons. The Morgan fingerprint density at radius 3 is 2.03 bits per heavy atom. The zero-order valence-corrected chi connectivity index (χ0v) is 20.2. The van der Waals surface area contributed by atoms with Crippen molar-refractivity contribution >= 4 is 20.0 Å². The first kappa shape index (κ1) is 24.3. The van der Waals surface area contributed by atoms with Crippen molar-refractivity contribution in [1.82, 2.24) is 13.9 Å². The highest BCUT2D eigenvalue weighted by Crippen LogP contribution is 2.24. The minimum atomic E-state index is -3.81. The van der Waals surface area contributed by atoms with Gasteiger partial charge in [-0.3, -0.25) is 4.90 Å². The molecule has 0 aliphatic carbocycles. The van der Waals surface area contributed by atoms with Gasteiger partial charge in [0.15, 0.2) is 0 Å². The van der Waals surface area contributed by atoms with Crippen molar-refractivity contribution in [2.45, 2.75) is 35.1 Å². The number of nitrogens with zero attached hydrogens (tertiary/aromatic N) is 2. The van der Waals surface area contributed by atoms with E-state index in [0.29, 0.717) is 26.3 Å². The van der Waals surface area contributed by atoms with Crippen LogP contribution in [0.2, 0.25) is 0 Å². The molecule has 0 saturated carbocycles. The zero-order valence-electron chi connectivity index (χ0n) is 18.6. The molecule has 2 aliphatic rings. The maximum Gasteiger partial charge on any atom is 0.243 e. The standard InChI is InChI=1S/C23H31N3O5S2/c27-32(28,21-9-11-22(12-10-21)33(29,30)26-13-5-2-6-14-26)24-19-23(20-7-3-1-4-8-20)25-15-17-31-18-16-25/h1,3-4,7-12,23-24H,2,5-6,13-19H2. The van der Waals surface area contributed by atoms with Gasteiger partial charge >= 0.3 is 0 Å². The first-order valence-electron chi connectivity index (χ1n) is 11.3. The molecule has 0 aromatic heterocycles. The molecular weight excluding hydrogens is 462 g/mol. The van der Waals surface area contributed by atoms with Crippen LogP contribution >= 0.6 is 0 Å². The number of nitrogens with one attached hydrogen (secondary N) is 1. The van der Waals surface area contributed by atoms with Gasteiger partial charge in [0.2, 0.25) is 20.0 Å². The van der Waals surface area contributed by atoms with E-state index in [1.54, 1.807) is 0 Å². The summed E-state index contributed by atoms with van der Waals surface area (Å²) in [6, 6.07) is 15.2. The number of rotatable bonds is 8. The highest BCUT2D eigenvalue weighted by molar-refractivity contribution is 7.89. The van der Waals surface area contributed by atoms with Crippen LogP contribution in [0.25, 0.3) is 0 Å². The van der Waals surface area contributed by atoms with Crippen LogP contribution < -0.4 is 4.72 Å². The summed E-state index contributed by atoms with van der Waals surface area (Å²) in [5.41, 5.74) is 1.03. The van der Waals surface area contributed by atoms with Crippen molar-refractivity contribution in [2.75, 3.05) is 45.9 Å². The van der Waals surface area contributed by atoms with Crippen LogP contribution in [-0.2, 0) is 24.8 Å². The van der Waals surface area contributed by atoms with Crippen LogP contribution in [0.4, 0.5) is 0 Å². The molecule has 33 heavy (non-hydrogen) atoms. The number of morpholine rings is 1. The first-order valence-corrected chi connectivity index (χ1v) is 14.3. The van der Waals surface area contributed by atoms with E-state index in [1.807, 2.05) is 30.3 Å². The quantitative estimate of drug-likeness (QED) is 0.606. The maximum absolute atomic E-state index is 13.0. The molecule has 1 N–H and O–H groups in total. The fraction of sp³-hybridized carbons (Fsp3) is 0.478. The Kier molecular flexibility index (Phi) is 7.83. The van der Waals surface area contributed by atoms with Gasteiger partial charge in [-0.2, -0.15) is 4.31 Å². The molecule has 2 aromatic carbocycles. The van der Waals surface area contributed by atoms with E-state index < -0.39 is 20.0 Å². The van der Waals surface area contributed by atoms with E-state index in [-0.39, 0.29) is 22.4 Å². The lowest BCUT2D eigenvalue weighted by atomic mass is 10.1. The number of piperidine rings is 1. The van der Waals surface area contributed by atoms with Gasteiger partial charge in [-0.15, -0.1) is 0 Å². The molecule has 0 amide bonds. The largest absolute Gasteiger partial charge is 0.379 e. The number of hydrogen-bond acceptors (Lipinski definition) is 6. The molecule has 2 heterocycles. The summed E-state index contributed by atoms with van der Waals surface area (Å²) in [5.74, 6) is 0. The van der Waals surface area contributed by atoms with Crippen molar-refractivity contribution in [3.63, 3.8) is 0 Å². The van der Waals surface area contributed by atoms with E-state index in [9.17, 15) is 16.8 Å². The topological polar surface area (TPSA) is 96.0 Å². The Balaban J connectivity index is 1.48. The highest BCUT2D eigenvalue weighted by Gasteiger charge is 2.28. The lowest BCUT2D eigenvalue weighted by Gasteiger charge is -2.34. The highest BCUT2D eigenvalue weighted by atomic mass is 32.2. The predicted molar refractivity (Wildman–Crippen MR) is 126 cm³/mol. The fourth-order valence-corrected chi connectivity index (χ4v) is 6.89. The molecule has 2 saturated heterocycles. The molecule has 2 aromatic rings. The third kappa shape index (κ3) is 5.82. The number of ether oxygens (including phenoxy) is 1. The second-order valence-electron chi connectivity index (χ2n) is 8.36. The normalized spacial score (nSPS) is 19.9. The van der Waals surface area contributed by atoms with Crippen molar-refractivity contribution in [2.24, 2.45) is 0 Å². The van der Waals surface area contributed by atoms with Crippen LogP contribution in [-0.4, -0.2) is 72.0 Å². The summed E-state index contributed by atoms with van der Waals surface area (Å²) in [4.78, 5) is 2.39. The van der Waals surface area contributed by atoms with Crippen molar-refractivity contribution in [3.8, 4) is 0 Å². The predicted octanol–water partition coefficient (Wildman–Crippen LogP) is 2.21. The Morgan fingerprint density at radius 1 is 0.788 bits per heavy atom. The lowest BCUT2D eigenvalue weighted by Crippen LogP contribution is -2.43. The van der Waals surface area contributed by atoms with Gasteiger partial charge in [0.05, 0.1) is 23.0 Å². The van der Waals surface area contributed by atoms with Gasteiger partial charge in [0.25, 0.3) is 0 Å². The Labute approximate surface area is 196 Å².